The molecule has 0 radical (unpaired) electrons. The Kier molecular flexibility index (Phi) is 7.49. The summed E-state index contributed by atoms with van der Waals surface area (Å²) in [5.74, 6) is -0.253. The summed E-state index contributed by atoms with van der Waals surface area (Å²) in [4.78, 5) is 12.9. The van der Waals surface area contributed by atoms with E-state index >= 15 is 0 Å². The second-order valence-electron chi connectivity index (χ2n) is 7.74. The van der Waals surface area contributed by atoms with Gasteiger partial charge in [-0.3, -0.25) is 9.10 Å². The minimum Gasteiger partial charge on any atom is -0.323 e. The van der Waals surface area contributed by atoms with Crippen molar-refractivity contribution in [2.24, 2.45) is 0 Å². The number of carbonyl (C=O) groups is 1. The van der Waals surface area contributed by atoms with E-state index in [0.29, 0.717) is 27.3 Å². The minimum absolute atomic E-state index is 0.102. The van der Waals surface area contributed by atoms with E-state index in [1.165, 1.54) is 18.2 Å². The van der Waals surface area contributed by atoms with Crippen LogP contribution in [-0.4, -0.2) is 20.9 Å². The number of amides is 1. The fraction of sp³-hybridized carbons (Fsp3) is 0.208. The summed E-state index contributed by atoms with van der Waals surface area (Å²) in [7, 11) is -4.00. The Morgan fingerprint density at radius 1 is 0.969 bits per heavy atom. The third-order valence-electron chi connectivity index (χ3n) is 4.95. The molecule has 0 saturated carbocycles. The van der Waals surface area contributed by atoms with E-state index in [-0.39, 0.29) is 4.90 Å². The number of hydrogen-bond acceptors (Lipinski definition) is 3. The summed E-state index contributed by atoms with van der Waals surface area (Å²) in [5.41, 5.74) is 2.70. The topological polar surface area (TPSA) is 66.5 Å². The third kappa shape index (κ3) is 5.63. The molecule has 1 N–H and O–H groups in total. The molecule has 168 valence electrons. The first kappa shape index (κ1) is 24.1. The summed E-state index contributed by atoms with van der Waals surface area (Å²) in [5, 5.41) is 3.36. The van der Waals surface area contributed by atoms with Crippen LogP contribution in [0, 0.1) is 6.92 Å². The van der Waals surface area contributed by atoms with Gasteiger partial charge in [-0.2, -0.15) is 0 Å². The van der Waals surface area contributed by atoms with Crippen LogP contribution in [0.25, 0.3) is 0 Å². The lowest BCUT2D eigenvalue weighted by Crippen LogP contribution is -2.38. The second-order valence-corrected chi connectivity index (χ2v) is 10.4. The van der Waals surface area contributed by atoms with E-state index in [1.807, 2.05) is 19.1 Å². The largest absolute Gasteiger partial charge is 0.323 e. The molecule has 0 saturated heterocycles. The zero-order valence-electron chi connectivity index (χ0n) is 18.0. The van der Waals surface area contributed by atoms with Gasteiger partial charge in [-0.1, -0.05) is 66.9 Å². The molecule has 5 nitrogen and oxygen atoms in total. The van der Waals surface area contributed by atoms with Crippen LogP contribution < -0.4 is 9.62 Å². The van der Waals surface area contributed by atoms with Gasteiger partial charge in [0.25, 0.3) is 10.0 Å². The predicted molar refractivity (Wildman–Crippen MR) is 131 cm³/mol. The van der Waals surface area contributed by atoms with E-state index < -0.39 is 22.5 Å². The molecule has 0 bridgehead atoms. The first-order valence-electron chi connectivity index (χ1n) is 10.0. The normalized spacial score (nSPS) is 11.4. The first-order valence-corrected chi connectivity index (χ1v) is 12.2. The predicted octanol–water partition coefficient (Wildman–Crippen LogP) is 6.26. The van der Waals surface area contributed by atoms with E-state index in [4.69, 9.17) is 23.2 Å². The smallest absolute Gasteiger partial charge is 0.264 e. The molecule has 32 heavy (non-hydrogen) atoms. The fourth-order valence-electron chi connectivity index (χ4n) is 3.09. The number of anilines is 2. The lowest BCUT2D eigenvalue weighted by molar-refractivity contribution is -0.114. The lowest BCUT2D eigenvalue weighted by atomic mass is 10.0. The number of hydrogen-bond donors (Lipinski definition) is 1. The first-order chi connectivity index (χ1) is 15.1. The minimum atomic E-state index is -4.00. The van der Waals surface area contributed by atoms with Gasteiger partial charge < -0.3 is 5.32 Å². The van der Waals surface area contributed by atoms with Crippen LogP contribution in [0.1, 0.15) is 30.9 Å². The molecule has 0 fully saturated rings. The molecule has 3 rings (SSSR count). The SMILES string of the molecule is Cc1ccc(S(=O)(=O)N(CC(=O)Nc2cc(Cl)ccc2Cl)c2ccc(C(C)C)cc2)cc1. The summed E-state index contributed by atoms with van der Waals surface area (Å²) in [6.07, 6.45) is 0. The molecular weight excluding hydrogens is 467 g/mol. The van der Waals surface area contributed by atoms with Crippen molar-refractivity contribution in [1.29, 1.82) is 0 Å². The van der Waals surface area contributed by atoms with Gasteiger partial charge in [0.15, 0.2) is 0 Å². The number of rotatable bonds is 7. The van der Waals surface area contributed by atoms with Gasteiger partial charge >= 0.3 is 0 Å². The van der Waals surface area contributed by atoms with Gasteiger partial charge in [-0.15, -0.1) is 0 Å². The molecule has 0 spiro atoms. The van der Waals surface area contributed by atoms with Crippen molar-refractivity contribution in [2.45, 2.75) is 31.6 Å². The van der Waals surface area contributed by atoms with E-state index in [0.717, 1.165) is 15.4 Å². The van der Waals surface area contributed by atoms with Gasteiger partial charge in [0.1, 0.15) is 6.54 Å². The highest BCUT2D eigenvalue weighted by atomic mass is 35.5. The Labute approximate surface area is 199 Å². The summed E-state index contributed by atoms with van der Waals surface area (Å²) < 4.78 is 28.0. The van der Waals surface area contributed by atoms with Crippen LogP contribution in [-0.2, 0) is 14.8 Å². The van der Waals surface area contributed by atoms with Crippen LogP contribution in [0.2, 0.25) is 10.0 Å². The highest BCUT2D eigenvalue weighted by Gasteiger charge is 2.27. The van der Waals surface area contributed by atoms with Gasteiger partial charge in [0.2, 0.25) is 5.91 Å². The number of aryl methyl sites for hydroxylation is 1. The molecule has 8 heteroatoms. The Bertz CT molecular complexity index is 1210. The Morgan fingerprint density at radius 3 is 2.19 bits per heavy atom. The van der Waals surface area contributed by atoms with Crippen LogP contribution >= 0.6 is 23.2 Å². The number of nitrogens with one attached hydrogen (secondary N) is 1. The maximum absolute atomic E-state index is 13.5. The fourth-order valence-corrected chi connectivity index (χ4v) is 4.85. The average Bonchev–Trinajstić information content (AvgIpc) is 2.75. The van der Waals surface area contributed by atoms with Gasteiger partial charge in [-0.25, -0.2) is 8.42 Å². The van der Waals surface area contributed by atoms with Gasteiger partial charge in [-0.05, 0) is 60.9 Å². The molecular formula is C24H24Cl2N2O3S. The zero-order valence-corrected chi connectivity index (χ0v) is 20.3. The molecule has 0 atom stereocenters. The zero-order chi connectivity index (χ0) is 23.5. The Hall–Kier alpha value is -2.54. The number of benzene rings is 3. The highest BCUT2D eigenvalue weighted by Crippen LogP contribution is 2.28. The van der Waals surface area contributed by atoms with E-state index in [9.17, 15) is 13.2 Å². The molecule has 0 aliphatic rings. The van der Waals surface area contributed by atoms with Crippen molar-refractivity contribution < 1.29 is 13.2 Å². The van der Waals surface area contributed by atoms with Crippen molar-refractivity contribution in [3.8, 4) is 0 Å². The Balaban J connectivity index is 1.97. The molecule has 0 heterocycles. The van der Waals surface area contributed by atoms with Gasteiger partial charge in [0, 0.05) is 5.02 Å². The monoisotopic (exact) mass is 490 g/mol. The molecule has 0 aliphatic carbocycles. The molecule has 0 aromatic heterocycles. The number of nitrogens with zero attached hydrogens (tertiary/aromatic N) is 1. The van der Waals surface area contributed by atoms with Crippen molar-refractivity contribution in [1.82, 2.24) is 0 Å². The summed E-state index contributed by atoms with van der Waals surface area (Å²) in [6, 6.07) is 18.3. The van der Waals surface area contributed by atoms with Crippen molar-refractivity contribution in [2.75, 3.05) is 16.2 Å². The molecule has 0 unspecified atom stereocenters. The number of halogens is 2. The second kappa shape index (κ2) is 9.94. The molecule has 3 aromatic carbocycles. The summed E-state index contributed by atoms with van der Waals surface area (Å²) >= 11 is 12.1. The maximum atomic E-state index is 13.5. The summed E-state index contributed by atoms with van der Waals surface area (Å²) in [6.45, 7) is 5.55. The molecule has 3 aromatic rings. The quantitative estimate of drug-likeness (QED) is 0.424. The van der Waals surface area contributed by atoms with Crippen molar-refractivity contribution in [3.63, 3.8) is 0 Å². The van der Waals surface area contributed by atoms with Crippen molar-refractivity contribution in [3.05, 3.63) is 87.9 Å². The van der Waals surface area contributed by atoms with Crippen LogP contribution in [0.5, 0.6) is 0 Å². The van der Waals surface area contributed by atoms with Crippen molar-refractivity contribution >= 4 is 50.5 Å². The van der Waals surface area contributed by atoms with E-state index in [1.54, 1.807) is 36.4 Å². The number of carbonyl (C=O) groups excluding carboxylic acids is 1. The standard InChI is InChI=1S/C24H24Cl2N2O3S/c1-16(2)18-6-9-20(10-7-18)28(32(30,31)21-11-4-17(3)5-12-21)15-24(29)27-23-14-19(25)8-13-22(23)26/h4-14,16H,15H2,1-3H3,(H,27,29). The third-order valence-corrected chi connectivity index (χ3v) is 7.30. The van der Waals surface area contributed by atoms with Crippen LogP contribution in [0.4, 0.5) is 11.4 Å². The maximum Gasteiger partial charge on any atom is 0.264 e. The average molecular weight is 491 g/mol. The van der Waals surface area contributed by atoms with Gasteiger partial charge in [0.05, 0.1) is 21.3 Å². The van der Waals surface area contributed by atoms with Crippen LogP contribution in [0.3, 0.4) is 0 Å². The molecule has 1 amide bonds. The lowest BCUT2D eigenvalue weighted by Gasteiger charge is -2.25. The Morgan fingerprint density at radius 2 is 1.59 bits per heavy atom. The number of sulfonamides is 1. The molecule has 0 aliphatic heterocycles. The highest BCUT2D eigenvalue weighted by molar-refractivity contribution is 7.92. The van der Waals surface area contributed by atoms with Crippen LogP contribution in [0.15, 0.2) is 71.6 Å². The van der Waals surface area contributed by atoms with E-state index in [2.05, 4.69) is 19.2 Å².